The molecule has 3 rings (SSSR count). The molecule has 0 bridgehead atoms. The topological polar surface area (TPSA) is 46.0 Å². The van der Waals surface area contributed by atoms with Crippen molar-refractivity contribution in [2.75, 3.05) is 5.75 Å². The van der Waals surface area contributed by atoms with Crippen LogP contribution in [0.15, 0.2) is 58.6 Å². The number of hydrazone groups is 1. The van der Waals surface area contributed by atoms with Crippen LogP contribution in [-0.2, 0) is 6.54 Å². The molecule has 1 heterocycles. The van der Waals surface area contributed by atoms with Crippen molar-refractivity contribution in [3.05, 3.63) is 65.5 Å². The van der Waals surface area contributed by atoms with Crippen LogP contribution in [0.4, 0.5) is 13.2 Å². The van der Waals surface area contributed by atoms with E-state index in [1.807, 2.05) is 0 Å². The Kier molecular flexibility index (Phi) is 5.60. The molecule has 130 valence electrons. The second kappa shape index (κ2) is 8.06. The summed E-state index contributed by atoms with van der Waals surface area (Å²) >= 11 is 1.49. The van der Waals surface area contributed by atoms with Crippen LogP contribution >= 0.6 is 11.8 Å². The number of rotatable bonds is 5. The van der Waals surface area contributed by atoms with Crippen molar-refractivity contribution >= 4 is 22.6 Å². The Morgan fingerprint density at radius 3 is 2.44 bits per heavy atom. The summed E-state index contributed by atoms with van der Waals surface area (Å²) in [5.74, 6) is 0.433. The Bertz CT molecular complexity index is 777. The minimum absolute atomic E-state index is 0.109. The predicted molar refractivity (Wildman–Crippen MR) is 92.7 cm³/mol. The highest BCUT2D eigenvalue weighted by Crippen LogP contribution is 2.19. The molecule has 2 aromatic rings. The minimum atomic E-state index is -2.84. The summed E-state index contributed by atoms with van der Waals surface area (Å²) in [6.07, 6.45) is 0. The quantitative estimate of drug-likeness (QED) is 0.870. The van der Waals surface area contributed by atoms with Crippen molar-refractivity contribution in [1.82, 2.24) is 5.43 Å². The van der Waals surface area contributed by atoms with Crippen molar-refractivity contribution in [2.45, 2.75) is 13.2 Å². The molecule has 0 aromatic heterocycles. The highest BCUT2D eigenvalue weighted by Gasteiger charge is 2.13. The zero-order chi connectivity index (χ0) is 17.6. The van der Waals surface area contributed by atoms with Crippen molar-refractivity contribution < 1.29 is 17.9 Å². The summed E-state index contributed by atoms with van der Waals surface area (Å²) in [5.41, 5.74) is 5.38. The first-order valence-corrected chi connectivity index (χ1v) is 8.38. The Morgan fingerprint density at radius 1 is 1.12 bits per heavy atom. The van der Waals surface area contributed by atoms with Crippen LogP contribution in [0.3, 0.4) is 0 Å². The van der Waals surface area contributed by atoms with Gasteiger partial charge in [-0.25, -0.2) is 4.39 Å². The van der Waals surface area contributed by atoms with Crippen molar-refractivity contribution in [2.24, 2.45) is 10.1 Å². The standard InChI is InChI=1S/C17H14F3N3OS/c18-13-5-1-11(2-6-13)9-21-17-23-22-15(10-25-17)12-3-7-14(8-4-12)24-16(19)20/h1-8,16H,9-10H2,(H,21,23). The Balaban J connectivity index is 1.60. The van der Waals surface area contributed by atoms with E-state index in [0.717, 1.165) is 16.8 Å². The summed E-state index contributed by atoms with van der Waals surface area (Å²) in [5, 5.41) is 4.94. The van der Waals surface area contributed by atoms with E-state index < -0.39 is 6.61 Å². The van der Waals surface area contributed by atoms with E-state index in [0.29, 0.717) is 17.5 Å². The molecule has 1 aliphatic rings. The Labute approximate surface area is 146 Å². The van der Waals surface area contributed by atoms with Crippen molar-refractivity contribution in [3.8, 4) is 5.75 Å². The third-order valence-corrected chi connectivity index (χ3v) is 4.27. The van der Waals surface area contributed by atoms with Crippen LogP contribution in [0.25, 0.3) is 0 Å². The monoisotopic (exact) mass is 365 g/mol. The predicted octanol–water partition coefficient (Wildman–Crippen LogP) is 4.02. The summed E-state index contributed by atoms with van der Waals surface area (Å²) < 4.78 is 41.5. The zero-order valence-corrected chi connectivity index (χ0v) is 13.8. The molecule has 1 aliphatic heterocycles. The molecule has 0 saturated carbocycles. The van der Waals surface area contributed by atoms with Gasteiger partial charge in [-0.3, -0.25) is 10.4 Å². The Hall–Kier alpha value is -2.48. The molecule has 0 amide bonds. The average molecular weight is 365 g/mol. The molecule has 0 unspecified atom stereocenters. The number of alkyl halides is 2. The molecule has 0 saturated heterocycles. The summed E-state index contributed by atoms with van der Waals surface area (Å²) in [6, 6.07) is 12.5. The number of ether oxygens (including phenoxy) is 1. The number of nitrogens with zero attached hydrogens (tertiary/aromatic N) is 2. The summed E-state index contributed by atoms with van der Waals surface area (Å²) in [4.78, 5) is 4.39. The average Bonchev–Trinajstić information content (AvgIpc) is 2.62. The summed E-state index contributed by atoms with van der Waals surface area (Å²) in [7, 11) is 0. The van der Waals surface area contributed by atoms with Crippen LogP contribution in [0.5, 0.6) is 5.75 Å². The highest BCUT2D eigenvalue weighted by molar-refractivity contribution is 8.14. The fourth-order valence-corrected chi connectivity index (χ4v) is 2.90. The van der Waals surface area contributed by atoms with Gasteiger partial charge in [-0.1, -0.05) is 23.9 Å². The van der Waals surface area contributed by atoms with E-state index in [4.69, 9.17) is 0 Å². The lowest BCUT2D eigenvalue weighted by Crippen LogP contribution is -2.25. The van der Waals surface area contributed by atoms with Gasteiger partial charge in [0.15, 0.2) is 5.17 Å². The first-order valence-electron chi connectivity index (χ1n) is 7.39. The van der Waals surface area contributed by atoms with Gasteiger partial charge in [0.25, 0.3) is 0 Å². The van der Waals surface area contributed by atoms with Gasteiger partial charge in [0.05, 0.1) is 12.3 Å². The molecular formula is C17H14F3N3OS. The first kappa shape index (κ1) is 17.3. The second-order valence-electron chi connectivity index (χ2n) is 5.11. The van der Waals surface area contributed by atoms with Gasteiger partial charge in [0.1, 0.15) is 11.6 Å². The number of thioether (sulfide) groups is 1. The van der Waals surface area contributed by atoms with Gasteiger partial charge in [-0.15, -0.1) is 0 Å². The van der Waals surface area contributed by atoms with E-state index in [1.54, 1.807) is 24.3 Å². The number of aliphatic imine (C=N–C) groups is 1. The highest BCUT2D eigenvalue weighted by atomic mass is 32.2. The molecular weight excluding hydrogens is 351 g/mol. The summed E-state index contributed by atoms with van der Waals surface area (Å²) in [6.45, 7) is -2.41. The SMILES string of the molecule is Fc1ccc(CN=C2NN=C(c3ccc(OC(F)F)cc3)CS2)cc1. The lowest BCUT2D eigenvalue weighted by Gasteiger charge is -2.15. The maximum Gasteiger partial charge on any atom is 0.387 e. The molecule has 2 aromatic carbocycles. The molecule has 25 heavy (non-hydrogen) atoms. The number of halogens is 3. The molecule has 0 radical (unpaired) electrons. The van der Waals surface area contributed by atoms with E-state index in [9.17, 15) is 13.2 Å². The Morgan fingerprint density at radius 2 is 1.84 bits per heavy atom. The third kappa shape index (κ3) is 4.99. The van der Waals surface area contributed by atoms with Crippen LogP contribution < -0.4 is 10.2 Å². The molecule has 1 N–H and O–H groups in total. The van der Waals surface area contributed by atoms with E-state index >= 15 is 0 Å². The molecule has 0 spiro atoms. The molecule has 0 atom stereocenters. The number of hydrogen-bond acceptors (Lipinski definition) is 4. The third-order valence-electron chi connectivity index (χ3n) is 3.36. The lowest BCUT2D eigenvalue weighted by atomic mass is 10.1. The first-order chi connectivity index (χ1) is 12.1. The number of nitrogens with one attached hydrogen (secondary N) is 1. The maximum absolute atomic E-state index is 12.9. The lowest BCUT2D eigenvalue weighted by molar-refractivity contribution is -0.0498. The van der Waals surface area contributed by atoms with Crippen LogP contribution in [0.2, 0.25) is 0 Å². The number of benzene rings is 2. The van der Waals surface area contributed by atoms with Crippen molar-refractivity contribution in [3.63, 3.8) is 0 Å². The fourth-order valence-electron chi connectivity index (χ4n) is 2.13. The van der Waals surface area contributed by atoms with Crippen molar-refractivity contribution in [1.29, 1.82) is 0 Å². The van der Waals surface area contributed by atoms with E-state index in [1.165, 1.54) is 36.0 Å². The molecule has 0 aliphatic carbocycles. The van der Waals surface area contributed by atoms with E-state index in [-0.39, 0.29) is 11.6 Å². The molecule has 8 heteroatoms. The molecule has 4 nitrogen and oxygen atoms in total. The van der Waals surface area contributed by atoms with Crippen LogP contribution in [0, 0.1) is 5.82 Å². The number of hydrogen-bond donors (Lipinski definition) is 1. The zero-order valence-electron chi connectivity index (χ0n) is 13.0. The van der Waals surface area contributed by atoms with Gasteiger partial charge in [0.2, 0.25) is 0 Å². The van der Waals surface area contributed by atoms with Gasteiger partial charge >= 0.3 is 6.61 Å². The van der Waals surface area contributed by atoms with Crippen LogP contribution in [-0.4, -0.2) is 23.2 Å². The maximum atomic E-state index is 12.9. The normalized spacial score (nSPS) is 15.8. The fraction of sp³-hybridized carbons (Fsp3) is 0.176. The second-order valence-corrected chi connectivity index (χ2v) is 6.07. The smallest absolute Gasteiger partial charge is 0.387 e. The number of amidine groups is 1. The largest absolute Gasteiger partial charge is 0.435 e. The van der Waals surface area contributed by atoms with Crippen LogP contribution in [0.1, 0.15) is 11.1 Å². The van der Waals surface area contributed by atoms with Gasteiger partial charge in [0, 0.05) is 5.75 Å². The van der Waals surface area contributed by atoms with Gasteiger partial charge in [-0.2, -0.15) is 13.9 Å². The van der Waals surface area contributed by atoms with Gasteiger partial charge < -0.3 is 4.74 Å². The van der Waals surface area contributed by atoms with E-state index in [2.05, 4.69) is 20.3 Å². The minimum Gasteiger partial charge on any atom is -0.435 e. The molecule has 0 fully saturated rings. The van der Waals surface area contributed by atoms with Gasteiger partial charge in [-0.05, 0) is 47.5 Å².